The lowest BCUT2D eigenvalue weighted by molar-refractivity contribution is -0.136. The van der Waals surface area contributed by atoms with Crippen molar-refractivity contribution in [1.82, 2.24) is 10.6 Å². The van der Waals surface area contributed by atoms with E-state index in [0.29, 0.717) is 13.2 Å². The van der Waals surface area contributed by atoms with Crippen molar-refractivity contribution in [3.05, 3.63) is 28.7 Å². The summed E-state index contributed by atoms with van der Waals surface area (Å²) in [6, 6.07) is 7.69. The van der Waals surface area contributed by atoms with Gasteiger partial charge in [0.05, 0.1) is 18.6 Å². The van der Waals surface area contributed by atoms with Crippen LogP contribution >= 0.6 is 15.9 Å². The maximum absolute atomic E-state index is 12.6. The molecule has 1 aliphatic heterocycles. The van der Waals surface area contributed by atoms with Crippen LogP contribution in [0.1, 0.15) is 19.8 Å². The van der Waals surface area contributed by atoms with Crippen LogP contribution in [0.25, 0.3) is 0 Å². The molecular weight excluding hydrogens is 360 g/mol. The molecule has 1 aromatic carbocycles. The average molecular weight is 385 g/mol. The molecule has 1 heterocycles. The third-order valence-electron chi connectivity index (χ3n) is 4.15. The van der Waals surface area contributed by atoms with Gasteiger partial charge in [-0.05, 0) is 51.1 Å². The van der Waals surface area contributed by atoms with Crippen LogP contribution in [0.2, 0.25) is 0 Å². The molecule has 1 unspecified atom stereocenters. The minimum atomic E-state index is -0.421. The van der Waals surface area contributed by atoms with Crippen LogP contribution < -0.4 is 15.4 Å². The van der Waals surface area contributed by atoms with Crippen LogP contribution in [0.4, 0.5) is 0 Å². The van der Waals surface area contributed by atoms with Gasteiger partial charge in [-0.2, -0.15) is 0 Å². The molecule has 0 aliphatic carbocycles. The molecule has 1 amide bonds. The normalized spacial score (nSPS) is 18.2. The van der Waals surface area contributed by atoms with Crippen molar-refractivity contribution in [2.24, 2.45) is 5.41 Å². The summed E-state index contributed by atoms with van der Waals surface area (Å²) in [6.07, 6.45) is 1.50. The fourth-order valence-electron chi connectivity index (χ4n) is 2.86. The van der Waals surface area contributed by atoms with Crippen molar-refractivity contribution in [3.8, 4) is 5.75 Å². The zero-order chi connectivity index (χ0) is 16.7. The molecule has 0 saturated carbocycles. The molecule has 1 atom stereocenters. The van der Waals surface area contributed by atoms with Gasteiger partial charge < -0.3 is 20.1 Å². The summed E-state index contributed by atoms with van der Waals surface area (Å²) in [4.78, 5) is 12.6. The first-order valence-electron chi connectivity index (χ1n) is 7.96. The zero-order valence-corrected chi connectivity index (χ0v) is 15.3. The van der Waals surface area contributed by atoms with E-state index in [0.717, 1.165) is 36.2 Å². The Balaban J connectivity index is 1.86. The minimum Gasteiger partial charge on any atom is -0.489 e. The van der Waals surface area contributed by atoms with Gasteiger partial charge in [-0.3, -0.25) is 4.79 Å². The Hall–Kier alpha value is -1.11. The molecule has 0 aromatic heterocycles. The first kappa shape index (κ1) is 18.2. The molecule has 0 spiro atoms. The number of ether oxygens (including phenoxy) is 2. The van der Waals surface area contributed by atoms with Gasteiger partial charge in [0, 0.05) is 11.6 Å². The Morgan fingerprint density at radius 2 is 2.17 bits per heavy atom. The van der Waals surface area contributed by atoms with E-state index in [2.05, 4.69) is 26.6 Å². The van der Waals surface area contributed by atoms with Gasteiger partial charge in [-0.1, -0.05) is 22.0 Å². The van der Waals surface area contributed by atoms with Crippen molar-refractivity contribution < 1.29 is 14.3 Å². The Kier molecular flexibility index (Phi) is 6.87. The van der Waals surface area contributed by atoms with E-state index in [-0.39, 0.29) is 12.0 Å². The van der Waals surface area contributed by atoms with Crippen LogP contribution in [0.5, 0.6) is 5.75 Å². The number of carbonyl (C=O) groups is 1. The van der Waals surface area contributed by atoms with Crippen molar-refractivity contribution in [1.29, 1.82) is 0 Å². The predicted molar refractivity (Wildman–Crippen MR) is 93.7 cm³/mol. The highest BCUT2D eigenvalue weighted by Crippen LogP contribution is 2.29. The van der Waals surface area contributed by atoms with Crippen LogP contribution in [0, 0.1) is 5.41 Å². The lowest BCUT2D eigenvalue weighted by Crippen LogP contribution is -2.51. The van der Waals surface area contributed by atoms with E-state index < -0.39 is 5.41 Å². The molecule has 1 fully saturated rings. The first-order chi connectivity index (χ1) is 11.1. The summed E-state index contributed by atoms with van der Waals surface area (Å²) in [5, 5.41) is 6.32. The number of halogens is 1. The highest BCUT2D eigenvalue weighted by molar-refractivity contribution is 9.10. The Labute approximate surface area is 146 Å². The van der Waals surface area contributed by atoms with E-state index in [4.69, 9.17) is 9.47 Å². The lowest BCUT2D eigenvalue weighted by Gasteiger charge is -2.35. The van der Waals surface area contributed by atoms with E-state index >= 15 is 0 Å². The highest BCUT2D eigenvalue weighted by atomic mass is 79.9. The van der Waals surface area contributed by atoms with Gasteiger partial charge in [0.2, 0.25) is 5.91 Å². The molecule has 6 heteroatoms. The maximum atomic E-state index is 12.6. The number of piperidine rings is 1. The zero-order valence-electron chi connectivity index (χ0n) is 13.7. The first-order valence-corrected chi connectivity index (χ1v) is 8.75. The molecule has 1 aromatic rings. The Bertz CT molecular complexity index is 513. The van der Waals surface area contributed by atoms with Gasteiger partial charge >= 0.3 is 0 Å². The SMILES string of the molecule is COCC1(C(=O)NCC(C)Oc2cccc(Br)c2)CCNCC1. The average Bonchev–Trinajstić information content (AvgIpc) is 2.54. The lowest BCUT2D eigenvalue weighted by atomic mass is 9.78. The number of nitrogens with one attached hydrogen (secondary N) is 2. The predicted octanol–water partition coefficient (Wildman–Crippen LogP) is 2.35. The number of benzene rings is 1. The molecule has 2 N–H and O–H groups in total. The third kappa shape index (κ3) is 5.19. The number of hydrogen-bond donors (Lipinski definition) is 2. The monoisotopic (exact) mass is 384 g/mol. The summed E-state index contributed by atoms with van der Waals surface area (Å²) < 4.78 is 12.1. The second-order valence-corrected chi connectivity index (χ2v) is 6.97. The van der Waals surface area contributed by atoms with Crippen molar-refractivity contribution in [2.75, 3.05) is 33.4 Å². The maximum Gasteiger partial charge on any atom is 0.228 e. The largest absolute Gasteiger partial charge is 0.489 e. The number of rotatable bonds is 7. The molecule has 0 radical (unpaired) electrons. The molecule has 1 aliphatic rings. The van der Waals surface area contributed by atoms with Crippen LogP contribution in [-0.4, -0.2) is 45.4 Å². The second-order valence-electron chi connectivity index (χ2n) is 6.06. The fourth-order valence-corrected chi connectivity index (χ4v) is 3.24. The molecule has 2 rings (SSSR count). The third-order valence-corrected chi connectivity index (χ3v) is 4.64. The Morgan fingerprint density at radius 1 is 1.43 bits per heavy atom. The quantitative estimate of drug-likeness (QED) is 0.757. The van der Waals surface area contributed by atoms with Gasteiger partial charge in [-0.15, -0.1) is 0 Å². The van der Waals surface area contributed by atoms with Crippen molar-refractivity contribution >= 4 is 21.8 Å². The molecule has 128 valence electrons. The minimum absolute atomic E-state index is 0.0607. The smallest absolute Gasteiger partial charge is 0.228 e. The van der Waals surface area contributed by atoms with Gasteiger partial charge in [-0.25, -0.2) is 0 Å². The van der Waals surface area contributed by atoms with E-state index in [9.17, 15) is 4.79 Å². The van der Waals surface area contributed by atoms with Crippen LogP contribution in [0.15, 0.2) is 28.7 Å². The van der Waals surface area contributed by atoms with E-state index in [1.165, 1.54) is 0 Å². The van der Waals surface area contributed by atoms with E-state index in [1.807, 2.05) is 31.2 Å². The van der Waals surface area contributed by atoms with E-state index in [1.54, 1.807) is 7.11 Å². The van der Waals surface area contributed by atoms with Gasteiger partial charge in [0.25, 0.3) is 0 Å². The van der Waals surface area contributed by atoms with Crippen molar-refractivity contribution in [3.63, 3.8) is 0 Å². The fraction of sp³-hybridized carbons (Fsp3) is 0.588. The van der Waals surface area contributed by atoms with Gasteiger partial charge in [0.1, 0.15) is 11.9 Å². The molecule has 23 heavy (non-hydrogen) atoms. The van der Waals surface area contributed by atoms with Crippen molar-refractivity contribution in [2.45, 2.75) is 25.9 Å². The molecular formula is C17H25BrN2O3. The number of hydrogen-bond acceptors (Lipinski definition) is 4. The molecule has 5 nitrogen and oxygen atoms in total. The number of methoxy groups -OCH3 is 1. The standard InChI is InChI=1S/C17H25BrN2O3/c1-13(23-15-5-3-4-14(18)10-15)11-20-16(21)17(12-22-2)6-8-19-9-7-17/h3-5,10,13,19H,6-9,11-12H2,1-2H3,(H,20,21). The summed E-state index contributed by atoms with van der Waals surface area (Å²) in [6.45, 7) is 4.58. The summed E-state index contributed by atoms with van der Waals surface area (Å²) >= 11 is 3.42. The summed E-state index contributed by atoms with van der Waals surface area (Å²) in [7, 11) is 1.65. The van der Waals surface area contributed by atoms with Gasteiger partial charge in [0.15, 0.2) is 0 Å². The molecule has 0 bridgehead atoms. The Morgan fingerprint density at radius 3 is 2.83 bits per heavy atom. The van der Waals surface area contributed by atoms with Crippen LogP contribution in [-0.2, 0) is 9.53 Å². The number of amides is 1. The highest BCUT2D eigenvalue weighted by Gasteiger charge is 2.39. The summed E-state index contributed by atoms with van der Waals surface area (Å²) in [5.74, 6) is 0.847. The number of carbonyl (C=O) groups excluding carboxylic acids is 1. The second kappa shape index (κ2) is 8.66. The topological polar surface area (TPSA) is 59.6 Å². The summed E-state index contributed by atoms with van der Waals surface area (Å²) in [5.41, 5.74) is -0.421. The van der Waals surface area contributed by atoms with Crippen LogP contribution in [0.3, 0.4) is 0 Å². The molecule has 1 saturated heterocycles.